The van der Waals surface area contributed by atoms with Crippen LogP contribution in [0, 0.1) is 0 Å². The first-order chi connectivity index (χ1) is 7.72. The Kier molecular flexibility index (Phi) is 5.46. The van der Waals surface area contributed by atoms with Gasteiger partial charge in [0.05, 0.1) is 0 Å². The lowest BCUT2D eigenvalue weighted by molar-refractivity contribution is 0.474. The third-order valence-electron chi connectivity index (χ3n) is 2.42. The largest absolute Gasteiger partial charge is 0.508 e. The summed E-state index contributed by atoms with van der Waals surface area (Å²) < 4.78 is 0. The van der Waals surface area contributed by atoms with Gasteiger partial charge in [0.1, 0.15) is 11.6 Å². The lowest BCUT2D eigenvalue weighted by Crippen LogP contribution is -2.10. The molecule has 0 aliphatic rings. The van der Waals surface area contributed by atoms with Gasteiger partial charge in [-0.15, -0.1) is 0 Å². The molecule has 0 amide bonds. The standard InChI is InChI=1S/C12H20N2O2/c1-2-3-4-5-6-7-13-11-8-10(15)9-12(16)14-11/h8-9H,2-7H2,1H3,(H3,13,14,15,16). The molecule has 1 rings (SSSR count). The minimum absolute atomic E-state index is 0.00256. The molecule has 4 nitrogen and oxygen atoms in total. The summed E-state index contributed by atoms with van der Waals surface area (Å²) in [5, 5.41) is 12.3. The average molecular weight is 224 g/mol. The van der Waals surface area contributed by atoms with Gasteiger partial charge in [-0.3, -0.25) is 4.79 Å². The summed E-state index contributed by atoms with van der Waals surface area (Å²) in [5.74, 6) is 0.581. The number of aromatic hydroxyl groups is 1. The second-order valence-corrected chi connectivity index (χ2v) is 3.96. The van der Waals surface area contributed by atoms with E-state index < -0.39 is 0 Å². The van der Waals surface area contributed by atoms with E-state index in [0.717, 1.165) is 19.0 Å². The predicted octanol–water partition coefficient (Wildman–Crippen LogP) is 2.46. The van der Waals surface area contributed by atoms with E-state index in [1.165, 1.54) is 31.7 Å². The van der Waals surface area contributed by atoms with Crippen LogP contribution in [0.3, 0.4) is 0 Å². The number of H-pyrrole nitrogens is 1. The quantitative estimate of drug-likeness (QED) is 0.623. The zero-order valence-electron chi connectivity index (χ0n) is 9.75. The summed E-state index contributed by atoms with van der Waals surface area (Å²) >= 11 is 0. The second-order valence-electron chi connectivity index (χ2n) is 3.96. The normalized spacial score (nSPS) is 10.3. The minimum Gasteiger partial charge on any atom is -0.508 e. The van der Waals surface area contributed by atoms with Gasteiger partial charge in [0.2, 0.25) is 0 Å². The lowest BCUT2D eigenvalue weighted by Gasteiger charge is -2.05. The molecule has 1 heterocycles. The van der Waals surface area contributed by atoms with Crippen molar-refractivity contribution in [3.05, 3.63) is 22.5 Å². The molecule has 90 valence electrons. The van der Waals surface area contributed by atoms with E-state index in [9.17, 15) is 9.90 Å². The van der Waals surface area contributed by atoms with Gasteiger partial charge in [-0.25, -0.2) is 0 Å². The molecule has 0 unspecified atom stereocenters. The van der Waals surface area contributed by atoms with E-state index >= 15 is 0 Å². The molecule has 0 aliphatic carbocycles. The Hall–Kier alpha value is -1.45. The summed E-state index contributed by atoms with van der Waals surface area (Å²) in [7, 11) is 0. The van der Waals surface area contributed by atoms with Gasteiger partial charge in [-0.05, 0) is 6.42 Å². The van der Waals surface area contributed by atoms with E-state index in [1.807, 2.05) is 0 Å². The molecule has 0 radical (unpaired) electrons. The fourth-order valence-electron chi connectivity index (χ4n) is 1.58. The molecular formula is C12H20N2O2. The first-order valence-corrected chi connectivity index (χ1v) is 5.89. The van der Waals surface area contributed by atoms with Gasteiger partial charge in [0.15, 0.2) is 0 Å². The first-order valence-electron chi connectivity index (χ1n) is 5.89. The molecule has 1 aromatic heterocycles. The van der Waals surface area contributed by atoms with Crippen LogP contribution >= 0.6 is 0 Å². The fourth-order valence-corrected chi connectivity index (χ4v) is 1.58. The predicted molar refractivity (Wildman–Crippen MR) is 66.0 cm³/mol. The van der Waals surface area contributed by atoms with E-state index in [0.29, 0.717) is 5.82 Å². The Labute approximate surface area is 95.7 Å². The van der Waals surface area contributed by atoms with Crippen molar-refractivity contribution in [1.29, 1.82) is 0 Å². The topological polar surface area (TPSA) is 65.1 Å². The minimum atomic E-state index is -0.284. The Morgan fingerprint density at radius 1 is 1.25 bits per heavy atom. The number of aromatic amines is 1. The van der Waals surface area contributed by atoms with Crippen molar-refractivity contribution in [2.24, 2.45) is 0 Å². The Balaban J connectivity index is 2.24. The molecule has 0 atom stereocenters. The molecule has 16 heavy (non-hydrogen) atoms. The van der Waals surface area contributed by atoms with Crippen LogP contribution in [0.25, 0.3) is 0 Å². The highest BCUT2D eigenvalue weighted by Crippen LogP contribution is 2.10. The maximum atomic E-state index is 11.0. The van der Waals surface area contributed by atoms with Crippen molar-refractivity contribution in [3.8, 4) is 5.75 Å². The number of anilines is 1. The maximum Gasteiger partial charge on any atom is 0.253 e. The third kappa shape index (κ3) is 4.87. The molecule has 0 spiro atoms. The molecule has 0 aliphatic heterocycles. The zero-order chi connectivity index (χ0) is 11.8. The van der Waals surface area contributed by atoms with Crippen LogP contribution in [0.15, 0.2) is 16.9 Å². The summed E-state index contributed by atoms with van der Waals surface area (Å²) in [4.78, 5) is 13.7. The number of pyridine rings is 1. The second kappa shape index (κ2) is 6.93. The fraction of sp³-hybridized carbons (Fsp3) is 0.583. The third-order valence-corrected chi connectivity index (χ3v) is 2.42. The van der Waals surface area contributed by atoms with E-state index in [2.05, 4.69) is 17.2 Å². The van der Waals surface area contributed by atoms with Crippen molar-refractivity contribution < 1.29 is 5.11 Å². The summed E-state index contributed by atoms with van der Waals surface area (Å²) in [6.45, 7) is 3.01. The number of aromatic nitrogens is 1. The Bertz CT molecular complexity index is 360. The molecule has 0 saturated carbocycles. The monoisotopic (exact) mass is 224 g/mol. The molecule has 3 N–H and O–H groups in total. The van der Waals surface area contributed by atoms with E-state index in [-0.39, 0.29) is 11.3 Å². The SMILES string of the molecule is CCCCCCCNc1cc(O)cc(=O)[nH]1. The van der Waals surface area contributed by atoms with Crippen molar-refractivity contribution >= 4 is 5.82 Å². The highest BCUT2D eigenvalue weighted by molar-refractivity contribution is 5.39. The van der Waals surface area contributed by atoms with Crippen LogP contribution in [0.4, 0.5) is 5.82 Å². The molecule has 0 bridgehead atoms. The zero-order valence-corrected chi connectivity index (χ0v) is 9.75. The van der Waals surface area contributed by atoms with Gasteiger partial charge < -0.3 is 15.4 Å². The number of hydrogen-bond acceptors (Lipinski definition) is 3. The molecule has 0 aromatic carbocycles. The molecule has 1 aromatic rings. The van der Waals surface area contributed by atoms with Crippen LogP contribution in [0.5, 0.6) is 5.75 Å². The van der Waals surface area contributed by atoms with Gasteiger partial charge in [0, 0.05) is 18.7 Å². The van der Waals surface area contributed by atoms with Crippen LogP contribution < -0.4 is 10.9 Å². The highest BCUT2D eigenvalue weighted by atomic mass is 16.3. The van der Waals surface area contributed by atoms with E-state index in [1.54, 1.807) is 0 Å². The Morgan fingerprint density at radius 2 is 2.00 bits per heavy atom. The van der Waals surface area contributed by atoms with Crippen LogP contribution in [-0.4, -0.2) is 16.6 Å². The van der Waals surface area contributed by atoms with Gasteiger partial charge in [-0.2, -0.15) is 0 Å². The van der Waals surface area contributed by atoms with Crippen LogP contribution in [0.2, 0.25) is 0 Å². The number of hydrogen-bond donors (Lipinski definition) is 3. The van der Waals surface area contributed by atoms with Crippen LogP contribution in [-0.2, 0) is 0 Å². The Morgan fingerprint density at radius 3 is 2.69 bits per heavy atom. The lowest BCUT2D eigenvalue weighted by atomic mass is 10.1. The van der Waals surface area contributed by atoms with Crippen LogP contribution in [0.1, 0.15) is 39.0 Å². The van der Waals surface area contributed by atoms with Crippen molar-refractivity contribution in [2.75, 3.05) is 11.9 Å². The number of unbranched alkanes of at least 4 members (excludes halogenated alkanes) is 4. The number of nitrogens with one attached hydrogen (secondary N) is 2. The smallest absolute Gasteiger partial charge is 0.253 e. The molecule has 0 fully saturated rings. The van der Waals surface area contributed by atoms with Crippen molar-refractivity contribution in [1.82, 2.24) is 4.98 Å². The maximum absolute atomic E-state index is 11.0. The molecule has 4 heteroatoms. The average Bonchev–Trinajstić information content (AvgIpc) is 2.22. The summed E-state index contributed by atoms with van der Waals surface area (Å²) in [6.07, 6.45) is 6.06. The molecule has 0 saturated heterocycles. The number of rotatable bonds is 7. The van der Waals surface area contributed by atoms with Gasteiger partial charge in [-0.1, -0.05) is 32.6 Å². The summed E-state index contributed by atoms with van der Waals surface area (Å²) in [5.41, 5.74) is -0.284. The van der Waals surface area contributed by atoms with E-state index in [4.69, 9.17) is 0 Å². The molecular weight excluding hydrogens is 204 g/mol. The van der Waals surface area contributed by atoms with Crippen molar-refractivity contribution in [2.45, 2.75) is 39.0 Å². The van der Waals surface area contributed by atoms with Gasteiger partial charge >= 0.3 is 0 Å². The summed E-state index contributed by atoms with van der Waals surface area (Å²) in [6, 6.07) is 2.68. The van der Waals surface area contributed by atoms with Crippen molar-refractivity contribution in [3.63, 3.8) is 0 Å². The highest BCUT2D eigenvalue weighted by Gasteiger charge is 1.96. The van der Waals surface area contributed by atoms with Gasteiger partial charge in [0.25, 0.3) is 5.56 Å². The first kappa shape index (κ1) is 12.6.